The van der Waals surface area contributed by atoms with Gasteiger partial charge in [0.2, 0.25) is 0 Å². The lowest BCUT2D eigenvalue weighted by atomic mass is 9.84. The molecule has 0 heterocycles. The third-order valence-electron chi connectivity index (χ3n) is 3.93. The molecular weight excluding hydrogens is 270 g/mol. The normalized spacial score (nSPS) is 16.6. The molecule has 20 heavy (non-hydrogen) atoms. The van der Waals surface area contributed by atoms with Gasteiger partial charge >= 0.3 is 0 Å². The summed E-state index contributed by atoms with van der Waals surface area (Å²) in [5.41, 5.74) is 1.31. The molecule has 0 aromatic heterocycles. The number of hydrogen-bond donors (Lipinski definition) is 1. The first-order chi connectivity index (χ1) is 9.66. The van der Waals surface area contributed by atoms with Crippen LogP contribution in [0.15, 0.2) is 18.2 Å². The topological polar surface area (TPSA) is 21.3 Å². The van der Waals surface area contributed by atoms with Crippen molar-refractivity contribution in [3.63, 3.8) is 0 Å². The van der Waals surface area contributed by atoms with Gasteiger partial charge in [-0.1, -0.05) is 44.7 Å². The second-order valence-electron chi connectivity index (χ2n) is 5.97. The average molecular weight is 296 g/mol. The lowest BCUT2D eigenvalue weighted by molar-refractivity contribution is 0.300. The lowest BCUT2D eigenvalue weighted by Gasteiger charge is -2.24. The molecule has 0 unspecified atom stereocenters. The van der Waals surface area contributed by atoms with E-state index >= 15 is 0 Å². The van der Waals surface area contributed by atoms with Crippen LogP contribution in [0.25, 0.3) is 0 Å². The molecule has 0 bridgehead atoms. The maximum Gasteiger partial charge on any atom is 0.122 e. The molecule has 0 aliphatic heterocycles. The van der Waals surface area contributed by atoms with Crippen molar-refractivity contribution in [1.29, 1.82) is 0 Å². The van der Waals surface area contributed by atoms with Crippen molar-refractivity contribution in [2.45, 2.75) is 57.9 Å². The van der Waals surface area contributed by atoms with E-state index in [-0.39, 0.29) is 0 Å². The van der Waals surface area contributed by atoms with Crippen LogP contribution in [0.2, 0.25) is 5.02 Å². The van der Waals surface area contributed by atoms with Crippen molar-refractivity contribution in [3.8, 4) is 5.75 Å². The van der Waals surface area contributed by atoms with Gasteiger partial charge in [0.25, 0.3) is 0 Å². The number of ether oxygens (including phenoxy) is 1. The standard InChI is InChI=1S/C17H26ClNO/c1-13(2)19-10-11-20-17-9-8-15(18)12-16(17)14-6-4-3-5-7-14/h8-9,12-14,19H,3-7,10-11H2,1-2H3. The van der Waals surface area contributed by atoms with Crippen molar-refractivity contribution < 1.29 is 4.74 Å². The third-order valence-corrected chi connectivity index (χ3v) is 4.16. The highest BCUT2D eigenvalue weighted by Gasteiger charge is 2.19. The van der Waals surface area contributed by atoms with Crippen molar-refractivity contribution in [2.75, 3.05) is 13.2 Å². The van der Waals surface area contributed by atoms with Gasteiger partial charge in [0, 0.05) is 17.6 Å². The summed E-state index contributed by atoms with van der Waals surface area (Å²) < 4.78 is 5.97. The lowest BCUT2D eigenvalue weighted by Crippen LogP contribution is -2.27. The number of hydrogen-bond acceptors (Lipinski definition) is 2. The van der Waals surface area contributed by atoms with Crippen LogP contribution in [-0.2, 0) is 0 Å². The van der Waals surface area contributed by atoms with Crippen LogP contribution in [0.4, 0.5) is 0 Å². The van der Waals surface area contributed by atoms with Crippen molar-refractivity contribution in [2.24, 2.45) is 0 Å². The zero-order chi connectivity index (χ0) is 14.4. The van der Waals surface area contributed by atoms with Crippen molar-refractivity contribution in [3.05, 3.63) is 28.8 Å². The Balaban J connectivity index is 1.99. The maximum absolute atomic E-state index is 6.17. The molecule has 0 amide bonds. The summed E-state index contributed by atoms with van der Waals surface area (Å²) in [6, 6.07) is 6.56. The molecule has 1 aromatic carbocycles. The Labute approximate surface area is 127 Å². The monoisotopic (exact) mass is 295 g/mol. The van der Waals surface area contributed by atoms with Crippen LogP contribution >= 0.6 is 11.6 Å². The first-order valence-corrected chi connectivity index (χ1v) is 8.20. The Hall–Kier alpha value is -0.730. The number of nitrogens with one attached hydrogen (secondary N) is 1. The Morgan fingerprint density at radius 3 is 2.70 bits per heavy atom. The summed E-state index contributed by atoms with van der Waals surface area (Å²) in [6.07, 6.45) is 6.55. The summed E-state index contributed by atoms with van der Waals surface area (Å²) in [7, 11) is 0. The summed E-state index contributed by atoms with van der Waals surface area (Å²) in [6.45, 7) is 5.88. The van der Waals surface area contributed by atoms with E-state index in [4.69, 9.17) is 16.3 Å². The highest BCUT2D eigenvalue weighted by Crippen LogP contribution is 2.38. The summed E-state index contributed by atoms with van der Waals surface area (Å²) in [5, 5.41) is 4.19. The Kier molecular flexibility index (Phi) is 6.18. The second kappa shape index (κ2) is 7.90. The van der Waals surface area contributed by atoms with Gasteiger partial charge in [0.05, 0.1) is 0 Å². The van der Waals surface area contributed by atoms with E-state index in [1.807, 2.05) is 12.1 Å². The minimum Gasteiger partial charge on any atom is -0.492 e. The molecule has 0 radical (unpaired) electrons. The molecule has 2 nitrogen and oxygen atoms in total. The summed E-state index contributed by atoms with van der Waals surface area (Å²) >= 11 is 6.17. The molecule has 1 aliphatic rings. The molecule has 2 rings (SSSR count). The van der Waals surface area contributed by atoms with E-state index in [9.17, 15) is 0 Å². The SMILES string of the molecule is CC(C)NCCOc1ccc(Cl)cc1C1CCCCC1. The van der Waals surface area contributed by atoms with Gasteiger partial charge in [-0.15, -0.1) is 0 Å². The van der Waals surface area contributed by atoms with E-state index in [2.05, 4.69) is 25.2 Å². The average Bonchev–Trinajstić information content (AvgIpc) is 2.45. The molecule has 1 aromatic rings. The van der Waals surface area contributed by atoms with Crippen LogP contribution < -0.4 is 10.1 Å². The largest absolute Gasteiger partial charge is 0.492 e. The van der Waals surface area contributed by atoms with Crippen LogP contribution in [0, 0.1) is 0 Å². The van der Waals surface area contributed by atoms with Gasteiger partial charge in [0.1, 0.15) is 12.4 Å². The van der Waals surface area contributed by atoms with E-state index < -0.39 is 0 Å². The molecular formula is C17H26ClNO. The summed E-state index contributed by atoms with van der Waals surface area (Å²) in [4.78, 5) is 0. The quantitative estimate of drug-likeness (QED) is 0.764. The molecule has 0 atom stereocenters. The third kappa shape index (κ3) is 4.68. The predicted octanol–water partition coefficient (Wildman–Crippen LogP) is 4.76. The maximum atomic E-state index is 6.17. The number of halogens is 1. The van der Waals surface area contributed by atoms with Crippen LogP contribution in [-0.4, -0.2) is 19.2 Å². The van der Waals surface area contributed by atoms with E-state index in [0.29, 0.717) is 18.6 Å². The minimum absolute atomic E-state index is 0.502. The van der Waals surface area contributed by atoms with Gasteiger partial charge in [-0.3, -0.25) is 0 Å². The minimum atomic E-state index is 0.502. The van der Waals surface area contributed by atoms with Crippen molar-refractivity contribution in [1.82, 2.24) is 5.32 Å². The van der Waals surface area contributed by atoms with Crippen LogP contribution in [0.3, 0.4) is 0 Å². The van der Waals surface area contributed by atoms with Gasteiger partial charge in [-0.05, 0) is 42.5 Å². The van der Waals surface area contributed by atoms with Gasteiger partial charge < -0.3 is 10.1 Å². The molecule has 1 N–H and O–H groups in total. The van der Waals surface area contributed by atoms with E-state index in [1.165, 1.54) is 37.7 Å². The Morgan fingerprint density at radius 1 is 1.25 bits per heavy atom. The second-order valence-corrected chi connectivity index (χ2v) is 6.41. The van der Waals surface area contributed by atoms with Gasteiger partial charge in [0.15, 0.2) is 0 Å². The smallest absolute Gasteiger partial charge is 0.122 e. The highest BCUT2D eigenvalue weighted by molar-refractivity contribution is 6.30. The fourth-order valence-electron chi connectivity index (χ4n) is 2.89. The number of benzene rings is 1. The zero-order valence-corrected chi connectivity index (χ0v) is 13.4. The highest BCUT2D eigenvalue weighted by atomic mass is 35.5. The van der Waals surface area contributed by atoms with Crippen molar-refractivity contribution >= 4 is 11.6 Å². The molecule has 0 spiro atoms. The van der Waals surface area contributed by atoms with E-state index in [1.54, 1.807) is 0 Å². The van der Waals surface area contributed by atoms with E-state index in [0.717, 1.165) is 17.3 Å². The van der Waals surface area contributed by atoms with Crippen LogP contribution in [0.1, 0.15) is 57.4 Å². The first-order valence-electron chi connectivity index (χ1n) is 7.82. The summed E-state index contributed by atoms with van der Waals surface area (Å²) in [5.74, 6) is 1.64. The van der Waals surface area contributed by atoms with Gasteiger partial charge in [-0.25, -0.2) is 0 Å². The molecule has 1 aliphatic carbocycles. The fourth-order valence-corrected chi connectivity index (χ4v) is 3.07. The Bertz CT molecular complexity index is 413. The molecule has 3 heteroatoms. The number of rotatable bonds is 6. The molecule has 1 fully saturated rings. The molecule has 112 valence electrons. The molecule has 1 saturated carbocycles. The molecule has 0 saturated heterocycles. The van der Waals surface area contributed by atoms with Crippen LogP contribution in [0.5, 0.6) is 5.75 Å². The predicted molar refractivity (Wildman–Crippen MR) is 85.9 cm³/mol. The fraction of sp³-hybridized carbons (Fsp3) is 0.647. The Morgan fingerprint density at radius 2 is 2.00 bits per heavy atom. The zero-order valence-electron chi connectivity index (χ0n) is 12.6. The first kappa shape index (κ1) is 15.7. The van der Waals surface area contributed by atoms with Gasteiger partial charge in [-0.2, -0.15) is 0 Å².